The first-order valence-electron chi connectivity index (χ1n) is 10.3. The average molecular weight is 455 g/mol. The summed E-state index contributed by atoms with van der Waals surface area (Å²) in [5, 5.41) is 26.2. The molecule has 3 aromatic rings. The molecule has 1 aromatic heterocycles. The van der Waals surface area contributed by atoms with Gasteiger partial charge in [0.25, 0.3) is 5.89 Å². The first kappa shape index (κ1) is 23.6. The number of aliphatic hydroxyl groups excluding tert-OH is 1. The summed E-state index contributed by atoms with van der Waals surface area (Å²) < 4.78 is 20.9. The van der Waals surface area contributed by atoms with Gasteiger partial charge in [-0.1, -0.05) is 23.4 Å². The maximum atomic E-state index is 9.77. The van der Waals surface area contributed by atoms with Crippen molar-refractivity contribution in [3.63, 3.8) is 0 Å². The van der Waals surface area contributed by atoms with Crippen molar-refractivity contribution >= 4 is 11.0 Å². The molecule has 1 aliphatic rings. The van der Waals surface area contributed by atoms with Crippen LogP contribution < -0.4 is 9.88 Å². The number of hydrogen-bond donors (Lipinski definition) is 2. The minimum Gasteiger partial charge on any atom is -0.490 e. The van der Waals surface area contributed by atoms with E-state index in [-0.39, 0.29) is 18.5 Å². The van der Waals surface area contributed by atoms with Gasteiger partial charge in [0.15, 0.2) is 0 Å². The van der Waals surface area contributed by atoms with Crippen molar-refractivity contribution < 1.29 is 18.6 Å². The average Bonchev–Trinajstić information content (AvgIpc) is 3.43. The molecule has 3 N–H and O–H groups in total. The van der Waals surface area contributed by atoms with Gasteiger partial charge in [-0.25, -0.2) is 4.21 Å². The molecule has 0 fully saturated rings. The van der Waals surface area contributed by atoms with E-state index in [0.29, 0.717) is 28.6 Å². The molecule has 1 atom stereocenters. The largest absolute Gasteiger partial charge is 0.490 e. The summed E-state index contributed by atoms with van der Waals surface area (Å²) in [5.41, 5.74) is 4.89. The van der Waals surface area contributed by atoms with Crippen molar-refractivity contribution in [2.75, 3.05) is 12.4 Å². The molecule has 1 unspecified atom stereocenters. The van der Waals surface area contributed by atoms with Crippen LogP contribution >= 0.6 is 0 Å². The molecule has 1 aliphatic carbocycles. The Morgan fingerprint density at radius 2 is 2.12 bits per heavy atom. The molecule has 0 saturated carbocycles. The molecule has 32 heavy (non-hydrogen) atoms. The monoisotopic (exact) mass is 454 g/mol. The molecule has 4 rings (SSSR count). The van der Waals surface area contributed by atoms with Gasteiger partial charge in [-0.2, -0.15) is 10.2 Å². The Hall–Kier alpha value is -3.06. The lowest BCUT2D eigenvalue weighted by molar-refractivity contribution is 0.241. The van der Waals surface area contributed by atoms with Crippen LogP contribution in [0.1, 0.15) is 37.0 Å². The zero-order valence-electron chi connectivity index (χ0n) is 18.1. The lowest BCUT2D eigenvalue weighted by Crippen LogP contribution is -2.09. The second kappa shape index (κ2) is 11.0. The van der Waals surface area contributed by atoms with Crippen molar-refractivity contribution in [2.24, 2.45) is 5.14 Å². The number of ether oxygens (including phenoxy) is 1. The number of rotatable bonds is 6. The summed E-state index contributed by atoms with van der Waals surface area (Å²) in [6, 6.07) is 13.8. The summed E-state index contributed by atoms with van der Waals surface area (Å²) in [6.07, 6.45) is 3.33. The van der Waals surface area contributed by atoms with Gasteiger partial charge >= 0.3 is 0 Å². The zero-order chi connectivity index (χ0) is 23.1. The smallest absolute Gasteiger partial charge is 0.258 e. The molecule has 0 aliphatic heterocycles. The fourth-order valence-corrected chi connectivity index (χ4v) is 3.66. The molecule has 0 bridgehead atoms. The first-order chi connectivity index (χ1) is 15.4. The number of nitriles is 1. The van der Waals surface area contributed by atoms with Crippen molar-refractivity contribution in [3.05, 3.63) is 53.1 Å². The Bertz CT molecular complexity index is 1140. The van der Waals surface area contributed by atoms with E-state index in [1.807, 2.05) is 32.0 Å². The van der Waals surface area contributed by atoms with E-state index in [2.05, 4.69) is 22.3 Å². The van der Waals surface area contributed by atoms with Gasteiger partial charge in [0, 0.05) is 11.1 Å². The molecule has 8 nitrogen and oxygen atoms in total. The van der Waals surface area contributed by atoms with E-state index < -0.39 is 11.0 Å². The van der Waals surface area contributed by atoms with Crippen LogP contribution in [0.3, 0.4) is 0 Å². The summed E-state index contributed by atoms with van der Waals surface area (Å²) in [7, 11) is -1.32. The van der Waals surface area contributed by atoms with Gasteiger partial charge in [-0.05, 0) is 62.4 Å². The Labute approximate surface area is 189 Å². The highest BCUT2D eigenvalue weighted by Gasteiger charge is 2.20. The third-order valence-electron chi connectivity index (χ3n) is 4.81. The number of benzene rings is 2. The lowest BCUT2D eigenvalue weighted by atomic mass is 10.0. The number of nitrogens with two attached hydrogens (primary N) is 1. The van der Waals surface area contributed by atoms with Crippen LogP contribution in [-0.4, -0.2) is 37.9 Å². The minimum absolute atomic E-state index is 0.00290. The van der Waals surface area contributed by atoms with E-state index in [1.54, 1.807) is 12.1 Å². The molecule has 9 heteroatoms. The standard InChI is InChI=1S/C21H19N3O2.C2H7NO2S/c1-13(2)25-19-10-9-15(11-16(19)12-22)21-23-20(24-26-21)18-8-4-6-14-5-3-7-17(14)18;3-6(5)2-1-4/h4,6,8-11,13H,3,5,7H2,1-2H3;4H,1-3H2. The predicted molar refractivity (Wildman–Crippen MR) is 122 cm³/mol. The van der Waals surface area contributed by atoms with Gasteiger partial charge in [-0.3, -0.25) is 5.14 Å². The molecule has 0 amide bonds. The van der Waals surface area contributed by atoms with Gasteiger partial charge in [0.05, 0.1) is 35.0 Å². The van der Waals surface area contributed by atoms with Crippen LogP contribution in [0, 0.1) is 11.3 Å². The van der Waals surface area contributed by atoms with Crippen LogP contribution in [0.4, 0.5) is 0 Å². The lowest BCUT2D eigenvalue weighted by Gasteiger charge is -2.11. The van der Waals surface area contributed by atoms with Crippen LogP contribution in [0.2, 0.25) is 0 Å². The van der Waals surface area contributed by atoms with Crippen molar-refractivity contribution in [1.82, 2.24) is 10.1 Å². The fraction of sp³-hybridized carbons (Fsp3) is 0.348. The van der Waals surface area contributed by atoms with Crippen molar-refractivity contribution in [2.45, 2.75) is 39.2 Å². The molecule has 1 heterocycles. The number of hydrogen-bond acceptors (Lipinski definition) is 7. The molecular weight excluding hydrogens is 428 g/mol. The van der Waals surface area contributed by atoms with Gasteiger partial charge in [0.1, 0.15) is 11.8 Å². The maximum absolute atomic E-state index is 9.77. The quantitative estimate of drug-likeness (QED) is 0.584. The van der Waals surface area contributed by atoms with E-state index >= 15 is 0 Å². The van der Waals surface area contributed by atoms with Crippen LogP contribution in [-0.2, 0) is 23.8 Å². The van der Waals surface area contributed by atoms with Crippen molar-refractivity contribution in [3.8, 4) is 34.7 Å². The second-order valence-corrected chi connectivity index (χ2v) is 8.69. The third-order valence-corrected chi connectivity index (χ3v) is 5.40. The molecule has 0 radical (unpaired) electrons. The maximum Gasteiger partial charge on any atom is 0.258 e. The van der Waals surface area contributed by atoms with Crippen molar-refractivity contribution in [1.29, 1.82) is 5.26 Å². The Morgan fingerprint density at radius 3 is 2.78 bits per heavy atom. The fourth-order valence-electron chi connectivity index (χ4n) is 3.48. The van der Waals surface area contributed by atoms with Crippen LogP contribution in [0.25, 0.3) is 22.8 Å². The number of aryl methyl sites for hydroxylation is 1. The van der Waals surface area contributed by atoms with E-state index in [4.69, 9.17) is 19.5 Å². The highest BCUT2D eigenvalue weighted by atomic mass is 32.2. The van der Waals surface area contributed by atoms with Crippen LogP contribution in [0.5, 0.6) is 5.75 Å². The molecule has 168 valence electrons. The summed E-state index contributed by atoms with van der Waals surface area (Å²) in [5.74, 6) is 1.75. The Balaban J connectivity index is 0.000000427. The number of fused-ring (bicyclic) bond motifs is 1. The Kier molecular flexibility index (Phi) is 8.11. The molecule has 0 spiro atoms. The zero-order valence-corrected chi connectivity index (χ0v) is 18.9. The van der Waals surface area contributed by atoms with Gasteiger partial charge in [-0.15, -0.1) is 0 Å². The van der Waals surface area contributed by atoms with Crippen LogP contribution in [0.15, 0.2) is 40.9 Å². The van der Waals surface area contributed by atoms with E-state index in [9.17, 15) is 9.47 Å². The highest BCUT2D eigenvalue weighted by molar-refractivity contribution is 7.82. The number of aromatic nitrogens is 2. The topological polar surface area (TPSA) is 135 Å². The normalized spacial score (nSPS) is 13.1. The predicted octanol–water partition coefficient (Wildman–Crippen LogP) is 3.15. The summed E-state index contributed by atoms with van der Waals surface area (Å²) in [6.45, 7) is 3.76. The van der Waals surface area contributed by atoms with Gasteiger partial charge < -0.3 is 14.4 Å². The second-order valence-electron chi connectivity index (χ2n) is 7.52. The van der Waals surface area contributed by atoms with E-state index in [1.165, 1.54) is 17.5 Å². The van der Waals surface area contributed by atoms with Gasteiger partial charge in [0.2, 0.25) is 5.82 Å². The number of nitrogens with zero attached hydrogens (tertiary/aromatic N) is 3. The highest BCUT2D eigenvalue weighted by Crippen LogP contribution is 2.32. The summed E-state index contributed by atoms with van der Waals surface area (Å²) >= 11 is 0. The number of aliphatic hydroxyl groups is 1. The molecular formula is C23H26N4O4S. The SMILES string of the molecule is CC(C)Oc1ccc(-c2nc(-c3cccc4c3CCC4)no2)cc1C#N.NS(=O)CCO. The van der Waals surface area contributed by atoms with E-state index in [0.717, 1.165) is 18.4 Å². The summed E-state index contributed by atoms with van der Waals surface area (Å²) in [4.78, 5) is 4.57. The first-order valence-corrected chi connectivity index (χ1v) is 11.7. The third kappa shape index (κ3) is 5.79. The Morgan fingerprint density at radius 1 is 1.31 bits per heavy atom. The molecule has 0 saturated heterocycles. The minimum atomic E-state index is -1.32. The molecule has 2 aromatic carbocycles.